The standard InChI is InChI=1S/C13H13F3N2O3/c1-2-20-12(19)10-8-17-11-7-9(3-5-18(10)11)21-6-4-13(14,15)16/h3,5,7-8H,2,4,6H2,1H3. The lowest BCUT2D eigenvalue weighted by molar-refractivity contribution is -0.139. The minimum Gasteiger partial charge on any atom is -0.493 e. The molecule has 2 aromatic rings. The van der Waals surface area contributed by atoms with Gasteiger partial charge in [-0.05, 0) is 13.0 Å². The van der Waals surface area contributed by atoms with E-state index in [1.165, 1.54) is 28.9 Å². The number of hydrogen-bond donors (Lipinski definition) is 0. The zero-order chi connectivity index (χ0) is 15.5. The number of fused-ring (bicyclic) bond motifs is 1. The molecule has 21 heavy (non-hydrogen) atoms. The molecule has 0 amide bonds. The highest BCUT2D eigenvalue weighted by atomic mass is 19.4. The normalized spacial score (nSPS) is 11.6. The molecule has 0 aliphatic carbocycles. The Bertz CT molecular complexity index is 637. The van der Waals surface area contributed by atoms with Crippen molar-refractivity contribution in [1.82, 2.24) is 9.38 Å². The summed E-state index contributed by atoms with van der Waals surface area (Å²) < 4.78 is 47.5. The molecule has 114 valence electrons. The van der Waals surface area contributed by atoms with Crippen LogP contribution in [0.1, 0.15) is 23.8 Å². The number of alkyl halides is 3. The van der Waals surface area contributed by atoms with Crippen molar-refractivity contribution in [3.63, 3.8) is 0 Å². The summed E-state index contributed by atoms with van der Waals surface area (Å²) in [6.45, 7) is 1.46. The van der Waals surface area contributed by atoms with Crippen LogP contribution in [0.15, 0.2) is 24.5 Å². The number of halogens is 3. The van der Waals surface area contributed by atoms with Gasteiger partial charge in [-0.25, -0.2) is 9.78 Å². The van der Waals surface area contributed by atoms with Gasteiger partial charge in [0.2, 0.25) is 0 Å². The first kappa shape index (κ1) is 15.1. The maximum Gasteiger partial charge on any atom is 0.392 e. The zero-order valence-corrected chi connectivity index (χ0v) is 11.2. The molecular formula is C13H13F3N2O3. The van der Waals surface area contributed by atoms with E-state index < -0.39 is 25.2 Å². The molecule has 0 aliphatic heterocycles. The molecule has 0 radical (unpaired) electrons. The van der Waals surface area contributed by atoms with Crippen LogP contribution < -0.4 is 4.74 Å². The van der Waals surface area contributed by atoms with E-state index in [9.17, 15) is 18.0 Å². The zero-order valence-electron chi connectivity index (χ0n) is 11.2. The molecule has 0 aromatic carbocycles. The topological polar surface area (TPSA) is 52.8 Å². The first-order valence-corrected chi connectivity index (χ1v) is 6.24. The number of esters is 1. The van der Waals surface area contributed by atoms with Gasteiger partial charge < -0.3 is 9.47 Å². The van der Waals surface area contributed by atoms with Crippen molar-refractivity contribution in [2.24, 2.45) is 0 Å². The number of carbonyl (C=O) groups is 1. The highest BCUT2D eigenvalue weighted by molar-refractivity contribution is 5.88. The summed E-state index contributed by atoms with van der Waals surface area (Å²) in [4.78, 5) is 15.6. The molecule has 5 nitrogen and oxygen atoms in total. The summed E-state index contributed by atoms with van der Waals surface area (Å²) in [5, 5.41) is 0. The molecular weight excluding hydrogens is 289 g/mol. The lowest BCUT2D eigenvalue weighted by atomic mass is 10.4. The van der Waals surface area contributed by atoms with E-state index in [-0.39, 0.29) is 18.1 Å². The Morgan fingerprint density at radius 1 is 1.43 bits per heavy atom. The lowest BCUT2D eigenvalue weighted by Crippen LogP contribution is -2.13. The van der Waals surface area contributed by atoms with Crippen LogP contribution in [0.4, 0.5) is 13.2 Å². The first-order chi connectivity index (χ1) is 9.90. The lowest BCUT2D eigenvalue weighted by Gasteiger charge is -2.09. The maximum atomic E-state index is 12.0. The second-order valence-corrected chi connectivity index (χ2v) is 4.17. The third kappa shape index (κ3) is 3.87. The quantitative estimate of drug-likeness (QED) is 0.797. The molecule has 0 aliphatic rings. The van der Waals surface area contributed by atoms with Crippen LogP contribution in [0.2, 0.25) is 0 Å². The van der Waals surface area contributed by atoms with E-state index in [4.69, 9.17) is 9.47 Å². The van der Waals surface area contributed by atoms with Gasteiger partial charge in [-0.2, -0.15) is 13.2 Å². The largest absolute Gasteiger partial charge is 0.493 e. The van der Waals surface area contributed by atoms with Gasteiger partial charge >= 0.3 is 12.1 Å². The Kier molecular flexibility index (Phi) is 4.35. The summed E-state index contributed by atoms with van der Waals surface area (Å²) in [6, 6.07) is 2.92. The molecule has 0 bridgehead atoms. The van der Waals surface area contributed by atoms with Gasteiger partial charge in [0.15, 0.2) is 5.69 Å². The van der Waals surface area contributed by atoms with Crippen LogP contribution in [0.25, 0.3) is 5.65 Å². The number of rotatable bonds is 5. The van der Waals surface area contributed by atoms with Gasteiger partial charge in [-0.15, -0.1) is 0 Å². The van der Waals surface area contributed by atoms with E-state index in [2.05, 4.69) is 4.98 Å². The van der Waals surface area contributed by atoms with E-state index in [1.54, 1.807) is 6.92 Å². The Labute approximate surface area is 118 Å². The Hall–Kier alpha value is -2.25. The molecule has 0 unspecified atom stereocenters. The SMILES string of the molecule is CCOC(=O)c1cnc2cc(OCCC(F)(F)F)ccn12. The predicted octanol–water partition coefficient (Wildman–Crippen LogP) is 2.84. The van der Waals surface area contributed by atoms with Crippen molar-refractivity contribution in [1.29, 1.82) is 0 Å². The van der Waals surface area contributed by atoms with Crippen molar-refractivity contribution in [2.75, 3.05) is 13.2 Å². The Morgan fingerprint density at radius 2 is 2.19 bits per heavy atom. The van der Waals surface area contributed by atoms with Crippen LogP contribution >= 0.6 is 0 Å². The fraction of sp³-hybridized carbons (Fsp3) is 0.385. The fourth-order valence-corrected chi connectivity index (χ4v) is 1.69. The highest BCUT2D eigenvalue weighted by Crippen LogP contribution is 2.21. The number of ether oxygens (including phenoxy) is 2. The average molecular weight is 302 g/mol. The van der Waals surface area contributed by atoms with E-state index in [0.29, 0.717) is 5.65 Å². The van der Waals surface area contributed by atoms with Gasteiger partial charge in [0.25, 0.3) is 0 Å². The summed E-state index contributed by atoms with van der Waals surface area (Å²) in [6.07, 6.45) is -2.44. The van der Waals surface area contributed by atoms with E-state index in [0.717, 1.165) is 0 Å². The molecule has 0 saturated heterocycles. The molecule has 0 N–H and O–H groups in total. The van der Waals surface area contributed by atoms with Crippen molar-refractivity contribution in [3.8, 4) is 5.75 Å². The van der Waals surface area contributed by atoms with Crippen LogP contribution in [0, 0.1) is 0 Å². The van der Waals surface area contributed by atoms with Gasteiger partial charge in [0, 0.05) is 12.3 Å². The molecule has 0 fully saturated rings. The second-order valence-electron chi connectivity index (χ2n) is 4.17. The van der Waals surface area contributed by atoms with Crippen LogP contribution in [-0.4, -0.2) is 34.7 Å². The maximum absolute atomic E-state index is 12.0. The van der Waals surface area contributed by atoms with Gasteiger partial charge in [0.1, 0.15) is 11.4 Å². The second kappa shape index (κ2) is 6.02. The van der Waals surface area contributed by atoms with E-state index >= 15 is 0 Å². The summed E-state index contributed by atoms with van der Waals surface area (Å²) in [5.41, 5.74) is 0.635. The molecule has 0 atom stereocenters. The monoisotopic (exact) mass is 302 g/mol. The van der Waals surface area contributed by atoms with Gasteiger partial charge in [-0.1, -0.05) is 0 Å². The van der Waals surface area contributed by atoms with Crippen LogP contribution in [-0.2, 0) is 4.74 Å². The number of aromatic nitrogens is 2. The molecule has 0 spiro atoms. The van der Waals surface area contributed by atoms with Crippen molar-refractivity contribution < 1.29 is 27.4 Å². The minimum atomic E-state index is -4.26. The number of pyridine rings is 1. The number of hydrogen-bond acceptors (Lipinski definition) is 4. The molecule has 2 heterocycles. The first-order valence-electron chi connectivity index (χ1n) is 6.24. The van der Waals surface area contributed by atoms with E-state index in [1.807, 2.05) is 0 Å². The predicted molar refractivity (Wildman–Crippen MR) is 67.3 cm³/mol. The summed E-state index contributed by atoms with van der Waals surface area (Å²) in [5.74, 6) is -0.261. The Morgan fingerprint density at radius 3 is 2.86 bits per heavy atom. The number of nitrogens with zero attached hydrogens (tertiary/aromatic N) is 2. The molecule has 2 aromatic heterocycles. The van der Waals surface area contributed by atoms with Gasteiger partial charge in [-0.3, -0.25) is 4.40 Å². The summed E-state index contributed by atoms with van der Waals surface area (Å²) in [7, 11) is 0. The minimum absolute atomic E-state index is 0.241. The molecule has 0 saturated carbocycles. The number of carbonyl (C=O) groups excluding carboxylic acids is 1. The third-order valence-electron chi connectivity index (χ3n) is 2.62. The number of imidazole rings is 1. The van der Waals surface area contributed by atoms with Crippen LogP contribution in [0.3, 0.4) is 0 Å². The average Bonchev–Trinajstić information content (AvgIpc) is 2.80. The van der Waals surface area contributed by atoms with Crippen molar-refractivity contribution in [2.45, 2.75) is 19.5 Å². The third-order valence-corrected chi connectivity index (χ3v) is 2.62. The van der Waals surface area contributed by atoms with Gasteiger partial charge in [0.05, 0.1) is 25.8 Å². The fourth-order valence-electron chi connectivity index (χ4n) is 1.69. The summed E-state index contributed by atoms with van der Waals surface area (Å²) >= 11 is 0. The van der Waals surface area contributed by atoms with Crippen molar-refractivity contribution in [3.05, 3.63) is 30.2 Å². The van der Waals surface area contributed by atoms with Crippen molar-refractivity contribution >= 4 is 11.6 Å². The highest BCUT2D eigenvalue weighted by Gasteiger charge is 2.26. The molecule has 8 heteroatoms. The van der Waals surface area contributed by atoms with Crippen LogP contribution in [0.5, 0.6) is 5.75 Å². The Balaban J connectivity index is 2.11. The molecule has 2 rings (SSSR count). The smallest absolute Gasteiger partial charge is 0.392 e.